The molecule has 17 heavy (non-hydrogen) atoms. The largest absolute Gasteiger partial charge is 0.416 e. The van der Waals surface area contributed by atoms with E-state index < -0.39 is 17.6 Å². The zero-order valence-electron chi connectivity index (χ0n) is 9.15. The van der Waals surface area contributed by atoms with Crippen molar-refractivity contribution in [2.75, 3.05) is 13.1 Å². The molecule has 0 bridgehead atoms. The summed E-state index contributed by atoms with van der Waals surface area (Å²) < 4.78 is 51.1. The molecule has 1 fully saturated rings. The van der Waals surface area contributed by atoms with Crippen molar-refractivity contribution < 1.29 is 17.6 Å². The van der Waals surface area contributed by atoms with Gasteiger partial charge < -0.3 is 5.32 Å². The number of hydrogen-bond donors (Lipinski definition) is 1. The van der Waals surface area contributed by atoms with Gasteiger partial charge in [-0.05, 0) is 49.1 Å². The molecule has 2 rings (SSSR count). The molecule has 1 saturated heterocycles. The summed E-state index contributed by atoms with van der Waals surface area (Å²) in [6.45, 7) is 1.38. The first-order chi connectivity index (χ1) is 7.98. The number of benzene rings is 1. The van der Waals surface area contributed by atoms with Crippen LogP contribution in [0.1, 0.15) is 29.9 Å². The lowest BCUT2D eigenvalue weighted by Gasteiger charge is -2.24. The Morgan fingerprint density at radius 3 is 2.59 bits per heavy atom. The Morgan fingerprint density at radius 2 is 2.00 bits per heavy atom. The Hall–Kier alpha value is -1.10. The lowest BCUT2D eigenvalue weighted by Crippen LogP contribution is -2.29. The molecule has 0 radical (unpaired) electrons. The van der Waals surface area contributed by atoms with Gasteiger partial charge in [0.15, 0.2) is 0 Å². The molecule has 1 N–H and O–H groups in total. The second kappa shape index (κ2) is 4.64. The van der Waals surface area contributed by atoms with Crippen molar-refractivity contribution in [2.24, 2.45) is 0 Å². The molecule has 1 unspecified atom stereocenters. The molecule has 0 aromatic heterocycles. The molecule has 1 aliphatic rings. The van der Waals surface area contributed by atoms with Crippen molar-refractivity contribution in [1.29, 1.82) is 0 Å². The average Bonchev–Trinajstić information content (AvgIpc) is 2.29. The summed E-state index contributed by atoms with van der Waals surface area (Å²) in [4.78, 5) is 0. The third-order valence-corrected chi connectivity index (χ3v) is 3.06. The van der Waals surface area contributed by atoms with Gasteiger partial charge in [0.1, 0.15) is 5.82 Å². The molecule has 0 amide bonds. The van der Waals surface area contributed by atoms with Crippen LogP contribution in [-0.4, -0.2) is 13.1 Å². The summed E-state index contributed by atoms with van der Waals surface area (Å²) in [5.41, 5.74) is -0.605. The van der Waals surface area contributed by atoms with Gasteiger partial charge in [0, 0.05) is 6.54 Å². The minimum atomic E-state index is -4.41. The Labute approximate surface area is 96.8 Å². The molecule has 1 nitrogen and oxygen atoms in total. The van der Waals surface area contributed by atoms with Crippen LogP contribution in [0.4, 0.5) is 17.6 Å². The highest BCUT2D eigenvalue weighted by atomic mass is 19.4. The number of halogens is 4. The van der Waals surface area contributed by atoms with Gasteiger partial charge in [0.05, 0.1) is 5.56 Å². The zero-order chi connectivity index (χ0) is 12.5. The second-order valence-electron chi connectivity index (χ2n) is 4.28. The molecule has 0 aliphatic carbocycles. The van der Waals surface area contributed by atoms with Crippen LogP contribution in [0.15, 0.2) is 18.2 Å². The summed E-state index contributed by atoms with van der Waals surface area (Å²) in [5.74, 6) is -0.710. The molecular formula is C12H13F4N. The standard InChI is InChI=1S/C12H13F4N/c13-11-4-3-9(12(14,15)16)6-10(11)8-2-1-5-17-7-8/h3-4,6,8,17H,1-2,5,7H2. The Kier molecular flexibility index (Phi) is 3.38. The van der Waals surface area contributed by atoms with E-state index in [1.165, 1.54) is 0 Å². The molecule has 5 heteroatoms. The SMILES string of the molecule is Fc1ccc(C(F)(F)F)cc1C1CCCNC1. The van der Waals surface area contributed by atoms with E-state index in [1.54, 1.807) is 0 Å². The lowest BCUT2D eigenvalue weighted by atomic mass is 9.90. The van der Waals surface area contributed by atoms with Crippen LogP contribution in [-0.2, 0) is 6.18 Å². The summed E-state index contributed by atoms with van der Waals surface area (Å²) in [6, 6.07) is 2.63. The number of hydrogen-bond acceptors (Lipinski definition) is 1. The van der Waals surface area contributed by atoms with Gasteiger partial charge in [-0.3, -0.25) is 0 Å². The Morgan fingerprint density at radius 1 is 1.24 bits per heavy atom. The van der Waals surface area contributed by atoms with Crippen LogP contribution in [0.5, 0.6) is 0 Å². The first-order valence-corrected chi connectivity index (χ1v) is 5.56. The first-order valence-electron chi connectivity index (χ1n) is 5.56. The number of nitrogens with one attached hydrogen (secondary N) is 1. The zero-order valence-corrected chi connectivity index (χ0v) is 9.15. The Balaban J connectivity index is 2.31. The molecule has 1 aliphatic heterocycles. The maximum absolute atomic E-state index is 13.5. The van der Waals surface area contributed by atoms with Crippen molar-refractivity contribution in [3.63, 3.8) is 0 Å². The predicted octanol–water partition coefficient (Wildman–Crippen LogP) is 3.31. The van der Waals surface area contributed by atoms with Crippen molar-refractivity contribution in [2.45, 2.75) is 24.9 Å². The van der Waals surface area contributed by atoms with E-state index in [4.69, 9.17) is 0 Å². The quantitative estimate of drug-likeness (QED) is 0.751. The Bertz CT molecular complexity index is 394. The predicted molar refractivity (Wildman–Crippen MR) is 56.2 cm³/mol. The number of rotatable bonds is 1. The number of piperidine rings is 1. The summed E-state index contributed by atoms with van der Waals surface area (Å²) >= 11 is 0. The molecule has 1 heterocycles. The molecular weight excluding hydrogens is 234 g/mol. The molecule has 1 aromatic carbocycles. The van der Waals surface area contributed by atoms with E-state index in [1.807, 2.05) is 0 Å². The van der Waals surface area contributed by atoms with Crippen molar-refractivity contribution >= 4 is 0 Å². The lowest BCUT2D eigenvalue weighted by molar-refractivity contribution is -0.137. The van der Waals surface area contributed by atoms with Gasteiger partial charge in [-0.1, -0.05) is 0 Å². The van der Waals surface area contributed by atoms with Crippen LogP contribution in [0, 0.1) is 5.82 Å². The third-order valence-electron chi connectivity index (χ3n) is 3.06. The maximum Gasteiger partial charge on any atom is 0.416 e. The van der Waals surface area contributed by atoms with E-state index in [-0.39, 0.29) is 11.5 Å². The van der Waals surface area contributed by atoms with Crippen LogP contribution in [0.25, 0.3) is 0 Å². The van der Waals surface area contributed by atoms with E-state index in [2.05, 4.69) is 5.32 Å². The maximum atomic E-state index is 13.5. The molecule has 0 saturated carbocycles. The van der Waals surface area contributed by atoms with Gasteiger partial charge in [0.25, 0.3) is 0 Å². The minimum Gasteiger partial charge on any atom is -0.316 e. The summed E-state index contributed by atoms with van der Waals surface area (Å²) in [5, 5.41) is 3.07. The van der Waals surface area contributed by atoms with Crippen LogP contribution in [0.2, 0.25) is 0 Å². The highest BCUT2D eigenvalue weighted by molar-refractivity contribution is 5.30. The van der Waals surface area contributed by atoms with Crippen molar-refractivity contribution in [3.8, 4) is 0 Å². The first kappa shape index (κ1) is 12.4. The fourth-order valence-corrected chi connectivity index (χ4v) is 2.15. The molecule has 1 aromatic rings. The molecule has 1 atom stereocenters. The monoisotopic (exact) mass is 247 g/mol. The fraction of sp³-hybridized carbons (Fsp3) is 0.500. The van der Waals surface area contributed by atoms with E-state index in [0.29, 0.717) is 6.54 Å². The minimum absolute atomic E-state index is 0.161. The fourth-order valence-electron chi connectivity index (χ4n) is 2.15. The van der Waals surface area contributed by atoms with Gasteiger partial charge in [0.2, 0.25) is 0 Å². The average molecular weight is 247 g/mol. The van der Waals surface area contributed by atoms with Gasteiger partial charge in [-0.2, -0.15) is 13.2 Å². The van der Waals surface area contributed by atoms with Gasteiger partial charge in [-0.25, -0.2) is 4.39 Å². The van der Waals surface area contributed by atoms with E-state index >= 15 is 0 Å². The van der Waals surface area contributed by atoms with Crippen molar-refractivity contribution in [3.05, 3.63) is 35.1 Å². The summed E-state index contributed by atoms with van der Waals surface area (Å²) in [7, 11) is 0. The summed E-state index contributed by atoms with van der Waals surface area (Å²) in [6.07, 6.45) is -2.82. The van der Waals surface area contributed by atoms with Crippen LogP contribution < -0.4 is 5.32 Å². The van der Waals surface area contributed by atoms with Crippen LogP contribution in [0.3, 0.4) is 0 Å². The molecule has 0 spiro atoms. The van der Waals surface area contributed by atoms with Crippen LogP contribution >= 0.6 is 0 Å². The highest BCUT2D eigenvalue weighted by Gasteiger charge is 2.32. The van der Waals surface area contributed by atoms with Crippen molar-refractivity contribution in [1.82, 2.24) is 5.32 Å². The smallest absolute Gasteiger partial charge is 0.316 e. The normalized spacial score (nSPS) is 21.5. The van der Waals surface area contributed by atoms with Gasteiger partial charge in [-0.15, -0.1) is 0 Å². The number of alkyl halides is 3. The van der Waals surface area contributed by atoms with Gasteiger partial charge >= 0.3 is 6.18 Å². The van der Waals surface area contributed by atoms with E-state index in [9.17, 15) is 17.6 Å². The van der Waals surface area contributed by atoms with E-state index in [0.717, 1.165) is 37.6 Å². The second-order valence-corrected chi connectivity index (χ2v) is 4.28. The third kappa shape index (κ3) is 2.77. The molecule has 94 valence electrons. The topological polar surface area (TPSA) is 12.0 Å². The highest BCUT2D eigenvalue weighted by Crippen LogP contribution is 2.33.